The van der Waals surface area contributed by atoms with Crippen LogP contribution in [0.15, 0.2) is 48.5 Å². The number of nitrogens with zero attached hydrogens (tertiary/aromatic N) is 1. The summed E-state index contributed by atoms with van der Waals surface area (Å²) in [7, 11) is 3.43. The Morgan fingerprint density at radius 2 is 1.81 bits per heavy atom. The van der Waals surface area contributed by atoms with Crippen LogP contribution in [0.4, 0.5) is 5.00 Å². The number of thiophene rings is 1. The van der Waals surface area contributed by atoms with Crippen molar-refractivity contribution in [2.24, 2.45) is 0 Å². The summed E-state index contributed by atoms with van der Waals surface area (Å²) in [5, 5.41) is 5.57. The molecule has 0 aliphatic carbocycles. The minimum Gasteiger partial charge on any atom is -0.497 e. The molecular formula is C20H20N2O3S. The molecule has 1 aromatic heterocycles. The van der Waals surface area contributed by atoms with Crippen molar-refractivity contribution in [1.29, 1.82) is 0 Å². The number of rotatable bonds is 5. The summed E-state index contributed by atoms with van der Waals surface area (Å²) in [4.78, 5) is 26.0. The zero-order valence-corrected chi connectivity index (χ0v) is 15.7. The third-order valence-corrected chi connectivity index (χ3v) is 4.98. The van der Waals surface area contributed by atoms with Crippen molar-refractivity contribution in [3.8, 4) is 5.75 Å². The molecule has 0 bridgehead atoms. The maximum atomic E-state index is 12.6. The molecule has 0 spiro atoms. The van der Waals surface area contributed by atoms with E-state index >= 15 is 0 Å². The van der Waals surface area contributed by atoms with Crippen molar-refractivity contribution < 1.29 is 14.3 Å². The smallest absolute Gasteiger partial charge is 0.264 e. The lowest BCUT2D eigenvalue weighted by Crippen LogP contribution is -2.25. The Balaban J connectivity index is 1.73. The van der Waals surface area contributed by atoms with Crippen LogP contribution in [0, 0.1) is 0 Å². The topological polar surface area (TPSA) is 58.6 Å². The fourth-order valence-electron chi connectivity index (χ4n) is 2.73. The van der Waals surface area contributed by atoms with Crippen LogP contribution in [-0.2, 0) is 11.3 Å². The highest BCUT2D eigenvalue weighted by atomic mass is 32.1. The molecule has 6 heteroatoms. The van der Waals surface area contributed by atoms with Gasteiger partial charge in [0.25, 0.3) is 5.91 Å². The molecule has 0 atom stereocenters. The average molecular weight is 368 g/mol. The molecule has 0 radical (unpaired) electrons. The molecule has 0 saturated heterocycles. The number of fused-ring (bicyclic) bond motifs is 1. The molecule has 3 rings (SSSR count). The van der Waals surface area contributed by atoms with Crippen LogP contribution in [0.3, 0.4) is 0 Å². The van der Waals surface area contributed by atoms with Gasteiger partial charge < -0.3 is 15.0 Å². The molecule has 0 aliphatic heterocycles. The zero-order chi connectivity index (χ0) is 18.7. The molecule has 5 nitrogen and oxygen atoms in total. The van der Waals surface area contributed by atoms with Gasteiger partial charge in [0, 0.05) is 20.5 Å². The number of carbonyl (C=O) groups is 2. The van der Waals surface area contributed by atoms with Gasteiger partial charge >= 0.3 is 0 Å². The van der Waals surface area contributed by atoms with E-state index in [1.54, 1.807) is 31.2 Å². The van der Waals surface area contributed by atoms with Crippen molar-refractivity contribution in [2.45, 2.75) is 13.5 Å². The van der Waals surface area contributed by atoms with Gasteiger partial charge in [-0.05, 0) is 46.7 Å². The summed E-state index contributed by atoms with van der Waals surface area (Å²) in [5.74, 6) is 0.610. The summed E-state index contributed by atoms with van der Waals surface area (Å²) in [6, 6.07) is 15.5. The number of carbonyl (C=O) groups excluding carboxylic acids is 2. The Hall–Kier alpha value is -2.86. The Morgan fingerprint density at radius 3 is 2.54 bits per heavy atom. The number of ether oxygens (including phenoxy) is 1. The molecule has 134 valence electrons. The number of methoxy groups -OCH3 is 1. The van der Waals surface area contributed by atoms with Crippen molar-refractivity contribution in [3.63, 3.8) is 0 Å². The van der Waals surface area contributed by atoms with Gasteiger partial charge in [0.1, 0.15) is 5.75 Å². The predicted octanol–water partition coefficient (Wildman–Crippen LogP) is 4.14. The lowest BCUT2D eigenvalue weighted by Gasteiger charge is -2.17. The molecule has 0 fully saturated rings. The molecule has 1 N–H and O–H groups in total. The third kappa shape index (κ3) is 4.03. The number of benzene rings is 2. The van der Waals surface area contributed by atoms with Gasteiger partial charge in [0.2, 0.25) is 5.91 Å². The summed E-state index contributed by atoms with van der Waals surface area (Å²) < 4.78 is 5.25. The van der Waals surface area contributed by atoms with Gasteiger partial charge in [-0.15, -0.1) is 11.3 Å². The first kappa shape index (κ1) is 17.9. The van der Waals surface area contributed by atoms with Crippen molar-refractivity contribution in [1.82, 2.24) is 4.90 Å². The molecule has 0 saturated carbocycles. The largest absolute Gasteiger partial charge is 0.497 e. The third-order valence-electron chi connectivity index (χ3n) is 3.99. The van der Waals surface area contributed by atoms with Crippen molar-refractivity contribution in [2.75, 3.05) is 19.5 Å². The Bertz CT molecular complexity index is 965. The van der Waals surface area contributed by atoms with Gasteiger partial charge in [0.05, 0.1) is 17.0 Å². The lowest BCUT2D eigenvalue weighted by atomic mass is 10.1. The first-order valence-electron chi connectivity index (χ1n) is 8.16. The highest BCUT2D eigenvalue weighted by Crippen LogP contribution is 2.25. The SMILES string of the molecule is COc1ccc2cc(CN(C)C(=O)c3ccc(NC(C)=O)s3)ccc2c1. The average Bonchev–Trinajstić information content (AvgIpc) is 3.08. The van der Waals surface area contributed by atoms with Gasteiger partial charge in [-0.2, -0.15) is 0 Å². The first-order valence-corrected chi connectivity index (χ1v) is 8.97. The Labute approximate surface area is 156 Å². The number of hydrogen-bond donors (Lipinski definition) is 1. The summed E-state index contributed by atoms with van der Waals surface area (Å²) in [5.41, 5.74) is 1.05. The molecule has 1 heterocycles. The monoisotopic (exact) mass is 368 g/mol. The van der Waals surface area contributed by atoms with Gasteiger partial charge in [-0.1, -0.05) is 18.2 Å². The van der Waals surface area contributed by atoms with E-state index in [0.29, 0.717) is 16.4 Å². The van der Waals surface area contributed by atoms with Crippen LogP contribution in [0.25, 0.3) is 10.8 Å². The van der Waals surface area contributed by atoms with E-state index < -0.39 is 0 Å². The predicted molar refractivity (Wildman–Crippen MR) is 105 cm³/mol. The van der Waals surface area contributed by atoms with Crippen LogP contribution >= 0.6 is 11.3 Å². The van der Waals surface area contributed by atoms with Crippen molar-refractivity contribution in [3.05, 3.63) is 59.0 Å². The second kappa shape index (κ2) is 7.58. The summed E-state index contributed by atoms with van der Waals surface area (Å²) in [6.07, 6.45) is 0. The molecule has 26 heavy (non-hydrogen) atoms. The number of hydrogen-bond acceptors (Lipinski definition) is 4. The molecule has 0 aliphatic rings. The first-order chi connectivity index (χ1) is 12.5. The second-order valence-corrected chi connectivity index (χ2v) is 7.14. The van der Waals surface area contributed by atoms with Gasteiger partial charge in [0.15, 0.2) is 0 Å². The Morgan fingerprint density at radius 1 is 1.08 bits per heavy atom. The minimum atomic E-state index is -0.146. The molecule has 2 aromatic carbocycles. The van der Waals surface area contributed by atoms with E-state index in [2.05, 4.69) is 11.4 Å². The highest BCUT2D eigenvalue weighted by Gasteiger charge is 2.15. The van der Waals surface area contributed by atoms with Crippen LogP contribution < -0.4 is 10.1 Å². The molecule has 3 aromatic rings. The normalized spacial score (nSPS) is 10.6. The zero-order valence-electron chi connectivity index (χ0n) is 14.9. The van der Waals surface area contributed by atoms with E-state index in [9.17, 15) is 9.59 Å². The number of anilines is 1. The maximum absolute atomic E-state index is 12.6. The highest BCUT2D eigenvalue weighted by molar-refractivity contribution is 7.18. The van der Waals surface area contributed by atoms with E-state index in [-0.39, 0.29) is 11.8 Å². The minimum absolute atomic E-state index is 0.0681. The van der Waals surface area contributed by atoms with E-state index in [1.807, 2.05) is 30.3 Å². The van der Waals surface area contributed by atoms with Gasteiger partial charge in [-0.3, -0.25) is 9.59 Å². The molecular weight excluding hydrogens is 348 g/mol. The maximum Gasteiger partial charge on any atom is 0.264 e. The van der Waals surface area contributed by atoms with E-state index in [4.69, 9.17) is 4.74 Å². The summed E-state index contributed by atoms with van der Waals surface area (Å²) in [6.45, 7) is 1.96. The number of nitrogens with one attached hydrogen (secondary N) is 1. The van der Waals surface area contributed by atoms with Crippen LogP contribution in [0.1, 0.15) is 22.2 Å². The van der Waals surface area contributed by atoms with Gasteiger partial charge in [-0.25, -0.2) is 0 Å². The fraction of sp³-hybridized carbons (Fsp3) is 0.200. The molecule has 2 amide bonds. The fourth-order valence-corrected chi connectivity index (χ4v) is 3.67. The summed E-state index contributed by atoms with van der Waals surface area (Å²) >= 11 is 1.28. The standard InChI is InChI=1S/C20H20N2O3S/c1-13(23)21-19-9-8-18(26-19)20(24)22(2)12-14-4-5-16-11-17(25-3)7-6-15(16)10-14/h4-11H,12H2,1-3H3,(H,21,23). The Kier molecular flexibility index (Phi) is 5.23. The number of amides is 2. The molecule has 0 unspecified atom stereocenters. The van der Waals surface area contributed by atoms with Crippen LogP contribution in [-0.4, -0.2) is 30.9 Å². The second-order valence-electron chi connectivity index (χ2n) is 6.05. The van der Waals surface area contributed by atoms with E-state index in [0.717, 1.165) is 22.1 Å². The van der Waals surface area contributed by atoms with Crippen LogP contribution in [0.5, 0.6) is 5.75 Å². The van der Waals surface area contributed by atoms with Crippen LogP contribution in [0.2, 0.25) is 0 Å². The lowest BCUT2D eigenvalue weighted by molar-refractivity contribution is -0.114. The quantitative estimate of drug-likeness (QED) is 0.736. The van der Waals surface area contributed by atoms with Crippen molar-refractivity contribution >= 4 is 38.9 Å². The van der Waals surface area contributed by atoms with E-state index in [1.165, 1.54) is 18.3 Å².